The first-order valence-corrected chi connectivity index (χ1v) is 6.17. The van der Waals surface area contributed by atoms with Crippen LogP contribution in [0, 0.1) is 0 Å². The Bertz CT molecular complexity index is 499. The third-order valence-electron chi connectivity index (χ3n) is 2.89. The normalized spacial score (nSPS) is 23.1. The van der Waals surface area contributed by atoms with Crippen molar-refractivity contribution in [2.75, 3.05) is 13.7 Å². The molecule has 0 bridgehead atoms. The van der Waals surface area contributed by atoms with E-state index in [4.69, 9.17) is 0 Å². The third-order valence-corrected chi connectivity index (χ3v) is 3.57. The van der Waals surface area contributed by atoms with Crippen LogP contribution in [0.25, 0.3) is 0 Å². The van der Waals surface area contributed by atoms with Crippen LogP contribution in [0.15, 0.2) is 16.8 Å². The highest BCUT2D eigenvalue weighted by Gasteiger charge is 2.49. The Balaban J connectivity index is 2.26. The molecule has 2 heterocycles. The molecule has 1 atom stereocenters. The number of hydrogen-bond donors (Lipinski definition) is 1. The fraction of sp³-hybridized carbons (Fsp3) is 0.364. The van der Waals surface area contributed by atoms with Gasteiger partial charge in [0.05, 0.1) is 7.11 Å². The zero-order valence-electron chi connectivity index (χ0n) is 9.93. The highest BCUT2D eigenvalue weighted by molar-refractivity contribution is 7.08. The van der Waals surface area contributed by atoms with Crippen molar-refractivity contribution in [2.24, 2.45) is 0 Å². The zero-order chi connectivity index (χ0) is 13.3. The van der Waals surface area contributed by atoms with Gasteiger partial charge in [-0.2, -0.15) is 11.3 Å². The van der Waals surface area contributed by atoms with Gasteiger partial charge in [0, 0.05) is 0 Å². The quantitative estimate of drug-likeness (QED) is 0.646. The summed E-state index contributed by atoms with van der Waals surface area (Å²) in [6.45, 7) is 1.24. The molecule has 2 rings (SSSR count). The van der Waals surface area contributed by atoms with E-state index in [2.05, 4.69) is 10.1 Å². The number of methoxy groups -OCH3 is 1. The molecular weight excluding hydrogens is 256 g/mol. The number of thiophene rings is 1. The first kappa shape index (κ1) is 12.6. The number of amides is 3. The number of nitrogens with one attached hydrogen (secondary N) is 1. The van der Waals surface area contributed by atoms with Crippen molar-refractivity contribution in [1.82, 2.24) is 10.2 Å². The average molecular weight is 268 g/mol. The molecule has 0 spiro atoms. The molecule has 1 aromatic rings. The molecule has 96 valence electrons. The molecule has 0 unspecified atom stereocenters. The molecule has 1 aliphatic rings. The lowest BCUT2D eigenvalue weighted by Crippen LogP contribution is -2.41. The van der Waals surface area contributed by atoms with Crippen LogP contribution in [-0.4, -0.2) is 36.5 Å². The van der Waals surface area contributed by atoms with Crippen LogP contribution in [0.2, 0.25) is 0 Å². The average Bonchev–Trinajstić information content (AvgIpc) is 2.93. The van der Waals surface area contributed by atoms with Crippen LogP contribution in [0.4, 0.5) is 4.79 Å². The van der Waals surface area contributed by atoms with Crippen molar-refractivity contribution in [1.29, 1.82) is 0 Å². The van der Waals surface area contributed by atoms with E-state index >= 15 is 0 Å². The summed E-state index contributed by atoms with van der Waals surface area (Å²) >= 11 is 1.43. The van der Waals surface area contributed by atoms with E-state index in [-0.39, 0.29) is 6.54 Å². The summed E-state index contributed by atoms with van der Waals surface area (Å²) in [7, 11) is 1.21. The van der Waals surface area contributed by atoms with E-state index in [9.17, 15) is 14.4 Å². The molecule has 6 nitrogen and oxygen atoms in total. The Morgan fingerprint density at radius 3 is 2.83 bits per heavy atom. The Hall–Kier alpha value is -1.89. The van der Waals surface area contributed by atoms with Crippen molar-refractivity contribution in [3.8, 4) is 0 Å². The van der Waals surface area contributed by atoms with Gasteiger partial charge in [0.25, 0.3) is 5.91 Å². The third kappa shape index (κ3) is 1.86. The maximum absolute atomic E-state index is 12.2. The largest absolute Gasteiger partial charge is 0.468 e. The molecule has 1 fully saturated rings. The van der Waals surface area contributed by atoms with E-state index < -0.39 is 23.4 Å². The van der Waals surface area contributed by atoms with Crippen molar-refractivity contribution in [2.45, 2.75) is 12.5 Å². The van der Waals surface area contributed by atoms with E-state index in [1.165, 1.54) is 18.4 Å². The summed E-state index contributed by atoms with van der Waals surface area (Å²) in [4.78, 5) is 36.0. The van der Waals surface area contributed by atoms with Gasteiger partial charge in [-0.25, -0.2) is 4.79 Å². The minimum atomic E-state index is -1.11. The van der Waals surface area contributed by atoms with Gasteiger partial charge in [-0.05, 0) is 29.3 Å². The number of ether oxygens (including phenoxy) is 1. The van der Waals surface area contributed by atoms with Gasteiger partial charge in [0.15, 0.2) is 0 Å². The predicted molar refractivity (Wildman–Crippen MR) is 63.9 cm³/mol. The van der Waals surface area contributed by atoms with Crippen LogP contribution in [0.3, 0.4) is 0 Å². The Morgan fingerprint density at radius 1 is 1.56 bits per heavy atom. The second-order valence-electron chi connectivity index (χ2n) is 4.03. The number of rotatable bonds is 3. The first-order chi connectivity index (χ1) is 8.49. The topological polar surface area (TPSA) is 75.7 Å². The molecule has 18 heavy (non-hydrogen) atoms. The fourth-order valence-electron chi connectivity index (χ4n) is 1.78. The molecule has 1 aromatic heterocycles. The summed E-state index contributed by atoms with van der Waals surface area (Å²) in [5, 5.41) is 6.21. The maximum Gasteiger partial charge on any atom is 0.325 e. The summed E-state index contributed by atoms with van der Waals surface area (Å²) < 4.78 is 4.46. The minimum absolute atomic E-state index is 0.374. The monoisotopic (exact) mass is 268 g/mol. The van der Waals surface area contributed by atoms with Crippen LogP contribution in [0.1, 0.15) is 12.5 Å². The van der Waals surface area contributed by atoms with Crippen molar-refractivity contribution in [3.63, 3.8) is 0 Å². The number of imide groups is 1. The van der Waals surface area contributed by atoms with Gasteiger partial charge in [0.1, 0.15) is 12.1 Å². The predicted octanol–water partition coefficient (Wildman–Crippen LogP) is 0.688. The smallest absolute Gasteiger partial charge is 0.325 e. The van der Waals surface area contributed by atoms with E-state index in [1.54, 1.807) is 18.4 Å². The van der Waals surface area contributed by atoms with Gasteiger partial charge in [-0.1, -0.05) is 0 Å². The molecule has 7 heteroatoms. The molecule has 0 saturated carbocycles. The number of hydrogen-bond acceptors (Lipinski definition) is 5. The number of nitrogens with zero attached hydrogens (tertiary/aromatic N) is 1. The Morgan fingerprint density at radius 2 is 2.28 bits per heavy atom. The number of carbonyl (C=O) groups is 3. The first-order valence-electron chi connectivity index (χ1n) is 5.22. The molecule has 1 aliphatic heterocycles. The van der Waals surface area contributed by atoms with Gasteiger partial charge < -0.3 is 10.1 Å². The van der Waals surface area contributed by atoms with Crippen molar-refractivity contribution >= 4 is 29.2 Å². The second kappa shape index (κ2) is 4.41. The molecular formula is C11H12N2O4S. The van der Waals surface area contributed by atoms with Gasteiger partial charge in [-0.15, -0.1) is 0 Å². The standard InChI is InChI=1S/C11H12N2O4S/c1-11(7-3-4-18-6-7)9(15)13(10(16)12-11)5-8(14)17-2/h3-4,6H,5H2,1-2H3,(H,12,16)/t11-/m0/s1. The maximum atomic E-state index is 12.2. The molecule has 1 saturated heterocycles. The zero-order valence-corrected chi connectivity index (χ0v) is 10.7. The summed E-state index contributed by atoms with van der Waals surface area (Å²) in [6, 6.07) is 1.18. The molecule has 0 aliphatic carbocycles. The van der Waals surface area contributed by atoms with E-state index in [0.717, 1.165) is 4.90 Å². The second-order valence-corrected chi connectivity index (χ2v) is 4.81. The lowest BCUT2D eigenvalue weighted by molar-refractivity contribution is -0.145. The molecule has 3 amide bonds. The number of esters is 1. The van der Waals surface area contributed by atoms with Gasteiger partial charge in [0.2, 0.25) is 0 Å². The number of carbonyl (C=O) groups excluding carboxylic acids is 3. The van der Waals surface area contributed by atoms with Crippen LogP contribution >= 0.6 is 11.3 Å². The van der Waals surface area contributed by atoms with Gasteiger partial charge >= 0.3 is 12.0 Å². The van der Waals surface area contributed by atoms with E-state index in [0.29, 0.717) is 5.56 Å². The highest BCUT2D eigenvalue weighted by Crippen LogP contribution is 2.29. The summed E-state index contributed by atoms with van der Waals surface area (Å²) in [5.41, 5.74) is -0.399. The van der Waals surface area contributed by atoms with Crippen molar-refractivity contribution < 1.29 is 19.1 Å². The lowest BCUT2D eigenvalue weighted by Gasteiger charge is -2.20. The van der Waals surface area contributed by atoms with Crippen LogP contribution < -0.4 is 5.32 Å². The van der Waals surface area contributed by atoms with Crippen LogP contribution in [-0.2, 0) is 19.9 Å². The Labute approximate surface area is 108 Å². The summed E-state index contributed by atoms with van der Waals surface area (Å²) in [5.74, 6) is -1.08. The SMILES string of the molecule is COC(=O)CN1C(=O)N[C@@](C)(c2ccsc2)C1=O. The molecule has 0 radical (unpaired) electrons. The lowest BCUT2D eigenvalue weighted by atomic mass is 9.95. The van der Waals surface area contributed by atoms with Crippen molar-refractivity contribution in [3.05, 3.63) is 22.4 Å². The van der Waals surface area contributed by atoms with Gasteiger partial charge in [-0.3, -0.25) is 14.5 Å². The summed E-state index contributed by atoms with van der Waals surface area (Å²) in [6.07, 6.45) is 0. The number of urea groups is 1. The van der Waals surface area contributed by atoms with Crippen LogP contribution in [0.5, 0.6) is 0 Å². The minimum Gasteiger partial charge on any atom is -0.468 e. The van der Waals surface area contributed by atoms with E-state index in [1.807, 2.05) is 5.38 Å². The molecule has 0 aromatic carbocycles. The Kier molecular flexibility index (Phi) is 3.08. The highest BCUT2D eigenvalue weighted by atomic mass is 32.1. The fourth-order valence-corrected chi connectivity index (χ4v) is 2.54. The molecule has 1 N–H and O–H groups in total.